The molecule has 0 spiro atoms. The van der Waals surface area contributed by atoms with E-state index in [0.29, 0.717) is 28.4 Å². The number of rotatable bonds is 2. The van der Waals surface area contributed by atoms with Gasteiger partial charge in [0.2, 0.25) is 6.79 Å². The fourth-order valence-corrected chi connectivity index (χ4v) is 3.54. The molecule has 1 aromatic heterocycles. The van der Waals surface area contributed by atoms with Gasteiger partial charge in [-0.2, -0.15) is 0 Å². The smallest absolute Gasteiger partial charge is 0.256 e. The van der Waals surface area contributed by atoms with E-state index in [1.54, 1.807) is 20.3 Å². The Morgan fingerprint density at radius 2 is 1.54 bits per heavy atom. The average molecular weight is 349 g/mol. The summed E-state index contributed by atoms with van der Waals surface area (Å²) in [6.07, 6.45) is 0. The normalized spacial score (nSPS) is 12.8. The molecular formula is C20H15NO5. The molecule has 0 atom stereocenters. The molecule has 1 N–H and O–H groups in total. The molecule has 5 rings (SSSR count). The van der Waals surface area contributed by atoms with Crippen molar-refractivity contribution in [3.8, 4) is 23.0 Å². The highest BCUT2D eigenvalue weighted by molar-refractivity contribution is 6.15. The lowest BCUT2D eigenvalue weighted by molar-refractivity contribution is 0.174. The van der Waals surface area contributed by atoms with Crippen molar-refractivity contribution in [1.82, 2.24) is 4.98 Å². The van der Waals surface area contributed by atoms with Gasteiger partial charge in [-0.1, -0.05) is 12.1 Å². The zero-order valence-electron chi connectivity index (χ0n) is 14.2. The Labute approximate surface area is 147 Å². The molecule has 2 heterocycles. The van der Waals surface area contributed by atoms with Crippen LogP contribution in [0.5, 0.6) is 23.0 Å². The number of hydrogen-bond donors (Lipinski definition) is 1. The Balaban J connectivity index is 1.94. The summed E-state index contributed by atoms with van der Waals surface area (Å²) in [5.74, 6) is 2.50. The molecule has 3 aromatic carbocycles. The first-order chi connectivity index (χ1) is 12.7. The highest BCUT2D eigenvalue weighted by Gasteiger charge is 2.17. The third-order valence-electron chi connectivity index (χ3n) is 4.81. The van der Waals surface area contributed by atoms with Gasteiger partial charge >= 0.3 is 0 Å². The number of ether oxygens (including phenoxy) is 4. The molecule has 0 bridgehead atoms. The van der Waals surface area contributed by atoms with Crippen molar-refractivity contribution in [2.75, 3.05) is 21.0 Å². The Hall–Kier alpha value is -3.41. The number of fused-ring (bicyclic) bond motifs is 6. The van der Waals surface area contributed by atoms with Gasteiger partial charge in [0.25, 0.3) is 5.56 Å². The third-order valence-corrected chi connectivity index (χ3v) is 4.81. The van der Waals surface area contributed by atoms with Crippen LogP contribution in [0.4, 0.5) is 0 Å². The zero-order valence-corrected chi connectivity index (χ0v) is 14.2. The van der Waals surface area contributed by atoms with E-state index in [1.165, 1.54) is 0 Å². The van der Waals surface area contributed by atoms with Crippen LogP contribution in [-0.2, 0) is 0 Å². The first-order valence-electron chi connectivity index (χ1n) is 8.13. The molecule has 0 radical (unpaired) electrons. The molecule has 0 saturated carbocycles. The van der Waals surface area contributed by atoms with Crippen molar-refractivity contribution in [2.45, 2.75) is 0 Å². The van der Waals surface area contributed by atoms with Gasteiger partial charge in [0.05, 0.1) is 25.1 Å². The van der Waals surface area contributed by atoms with Crippen LogP contribution in [0.1, 0.15) is 0 Å². The van der Waals surface area contributed by atoms with Gasteiger partial charge in [0, 0.05) is 16.2 Å². The second-order valence-corrected chi connectivity index (χ2v) is 6.12. The van der Waals surface area contributed by atoms with Crippen molar-refractivity contribution in [2.24, 2.45) is 0 Å². The van der Waals surface area contributed by atoms with E-state index in [2.05, 4.69) is 4.98 Å². The number of aromatic nitrogens is 1. The molecular weight excluding hydrogens is 334 g/mol. The van der Waals surface area contributed by atoms with Crippen molar-refractivity contribution in [3.05, 3.63) is 46.8 Å². The molecule has 4 aromatic rings. The standard InChI is InChI=1S/C20H15NO5/c1-23-15-7-13-11-4-3-10-5-17-18(26-9-25-17)6-12(10)19(11)21-20(22)14(13)8-16(15)24-2/h3-8H,9H2,1-2H3,(H,21,22). The highest BCUT2D eigenvalue weighted by atomic mass is 16.7. The summed E-state index contributed by atoms with van der Waals surface area (Å²) >= 11 is 0. The van der Waals surface area contributed by atoms with Crippen LogP contribution >= 0.6 is 0 Å². The second-order valence-electron chi connectivity index (χ2n) is 6.12. The van der Waals surface area contributed by atoms with Crippen LogP contribution in [0, 0.1) is 0 Å². The molecule has 1 aliphatic rings. The molecule has 0 saturated heterocycles. The van der Waals surface area contributed by atoms with Gasteiger partial charge in [-0.05, 0) is 29.7 Å². The fraction of sp³-hybridized carbons (Fsp3) is 0.150. The van der Waals surface area contributed by atoms with E-state index in [0.717, 1.165) is 27.1 Å². The first kappa shape index (κ1) is 14.9. The first-order valence-corrected chi connectivity index (χ1v) is 8.13. The molecule has 0 unspecified atom stereocenters. The summed E-state index contributed by atoms with van der Waals surface area (Å²) in [5.41, 5.74) is 0.573. The van der Waals surface area contributed by atoms with Gasteiger partial charge in [-0.15, -0.1) is 0 Å². The number of H-pyrrole nitrogens is 1. The number of nitrogens with one attached hydrogen (secondary N) is 1. The summed E-state index contributed by atoms with van der Waals surface area (Å²) in [5, 5.41) is 4.15. The van der Waals surface area contributed by atoms with Crippen molar-refractivity contribution >= 4 is 32.4 Å². The van der Waals surface area contributed by atoms with Gasteiger partial charge in [0.15, 0.2) is 23.0 Å². The summed E-state index contributed by atoms with van der Waals surface area (Å²) in [6, 6.07) is 11.4. The molecule has 26 heavy (non-hydrogen) atoms. The van der Waals surface area contributed by atoms with Gasteiger partial charge in [0.1, 0.15) is 0 Å². The number of pyridine rings is 1. The van der Waals surface area contributed by atoms with Crippen molar-refractivity contribution in [3.63, 3.8) is 0 Å². The van der Waals surface area contributed by atoms with Crippen LogP contribution in [0.15, 0.2) is 41.2 Å². The lowest BCUT2D eigenvalue weighted by Crippen LogP contribution is -2.07. The van der Waals surface area contributed by atoms with E-state index in [1.807, 2.05) is 30.3 Å². The second kappa shape index (κ2) is 5.29. The number of benzene rings is 3. The summed E-state index contributed by atoms with van der Waals surface area (Å²) in [6.45, 7) is 0.208. The maximum Gasteiger partial charge on any atom is 0.256 e. The lowest BCUT2D eigenvalue weighted by Gasteiger charge is -2.12. The van der Waals surface area contributed by atoms with Crippen LogP contribution in [0.2, 0.25) is 0 Å². The number of aromatic amines is 1. The molecule has 0 fully saturated rings. The number of hydrogen-bond acceptors (Lipinski definition) is 5. The molecule has 6 heteroatoms. The summed E-state index contributed by atoms with van der Waals surface area (Å²) < 4.78 is 21.7. The average Bonchev–Trinajstić information content (AvgIpc) is 3.12. The minimum atomic E-state index is -0.182. The molecule has 0 aliphatic carbocycles. The predicted molar refractivity (Wildman–Crippen MR) is 98.8 cm³/mol. The molecule has 1 aliphatic heterocycles. The molecule has 130 valence electrons. The third kappa shape index (κ3) is 1.95. The monoisotopic (exact) mass is 349 g/mol. The summed E-state index contributed by atoms with van der Waals surface area (Å²) in [4.78, 5) is 15.7. The quantitative estimate of drug-likeness (QED) is 0.560. The zero-order chi connectivity index (χ0) is 17.8. The van der Waals surface area contributed by atoms with Crippen LogP contribution in [0.25, 0.3) is 32.4 Å². The summed E-state index contributed by atoms with van der Waals surface area (Å²) in [7, 11) is 3.13. The topological polar surface area (TPSA) is 69.8 Å². The van der Waals surface area contributed by atoms with Crippen molar-refractivity contribution in [1.29, 1.82) is 0 Å². The maximum atomic E-state index is 12.7. The minimum Gasteiger partial charge on any atom is -0.493 e. The van der Waals surface area contributed by atoms with Crippen LogP contribution in [0.3, 0.4) is 0 Å². The largest absolute Gasteiger partial charge is 0.493 e. The lowest BCUT2D eigenvalue weighted by atomic mass is 10.0. The van der Waals surface area contributed by atoms with E-state index < -0.39 is 0 Å². The van der Waals surface area contributed by atoms with Gasteiger partial charge in [-0.25, -0.2) is 0 Å². The fourth-order valence-electron chi connectivity index (χ4n) is 3.54. The van der Waals surface area contributed by atoms with Gasteiger partial charge in [-0.3, -0.25) is 4.79 Å². The van der Waals surface area contributed by atoms with E-state index in [9.17, 15) is 4.79 Å². The molecule has 6 nitrogen and oxygen atoms in total. The van der Waals surface area contributed by atoms with Crippen LogP contribution < -0.4 is 24.5 Å². The Morgan fingerprint density at radius 1 is 0.846 bits per heavy atom. The van der Waals surface area contributed by atoms with E-state index in [4.69, 9.17) is 18.9 Å². The highest BCUT2D eigenvalue weighted by Crippen LogP contribution is 2.40. The Kier molecular flexibility index (Phi) is 3.03. The Bertz CT molecular complexity index is 1260. The van der Waals surface area contributed by atoms with Crippen LogP contribution in [-0.4, -0.2) is 26.0 Å². The predicted octanol–water partition coefficient (Wildman–Crippen LogP) is 3.58. The maximum absolute atomic E-state index is 12.7. The van der Waals surface area contributed by atoms with Crippen molar-refractivity contribution < 1.29 is 18.9 Å². The molecule has 0 amide bonds. The van der Waals surface area contributed by atoms with E-state index >= 15 is 0 Å². The number of methoxy groups -OCH3 is 2. The van der Waals surface area contributed by atoms with E-state index in [-0.39, 0.29) is 12.4 Å². The van der Waals surface area contributed by atoms with Gasteiger partial charge < -0.3 is 23.9 Å². The minimum absolute atomic E-state index is 0.182. The SMILES string of the molecule is COc1cc2c(=O)[nH]c3c4cc5c(cc4ccc3c2cc1OC)OCO5. The Morgan fingerprint density at radius 3 is 2.27 bits per heavy atom.